The number of rotatable bonds is 10. The third-order valence-electron chi connectivity index (χ3n) is 11.2. The maximum atomic E-state index is 12.5. The van der Waals surface area contributed by atoms with E-state index in [4.69, 9.17) is 0 Å². The third-order valence-corrected chi connectivity index (χ3v) is 11.2. The van der Waals surface area contributed by atoms with Crippen molar-refractivity contribution in [1.82, 2.24) is 44.6 Å². The summed E-state index contributed by atoms with van der Waals surface area (Å²) in [5, 5.41) is 57.7. The number of aromatic nitrogens is 6. The molecule has 4 heterocycles. The number of benzene rings is 4. The molecule has 8 rings (SSSR count). The Morgan fingerprint density at radius 2 is 0.950 bits per heavy atom. The van der Waals surface area contributed by atoms with Crippen molar-refractivity contribution in [3.05, 3.63) is 116 Å². The third kappa shape index (κ3) is 9.33. The molecule has 0 aliphatic carbocycles. The number of aromatic amines is 2. The van der Waals surface area contributed by atoms with Gasteiger partial charge in [-0.15, -0.1) is 0 Å². The molecule has 2 saturated heterocycles. The fraction of sp³-hybridized carbons (Fsp3) is 0.378. The number of hydrogen-bond acceptors (Lipinski definition) is 11. The van der Waals surface area contributed by atoms with Crippen molar-refractivity contribution in [3.63, 3.8) is 0 Å². The second-order valence-electron chi connectivity index (χ2n) is 16.2. The van der Waals surface area contributed by atoms with Crippen LogP contribution < -0.4 is 16.7 Å². The van der Waals surface area contributed by atoms with Gasteiger partial charge >= 0.3 is 11.4 Å². The molecule has 0 spiro atoms. The molecule has 7 N–H and O–H groups in total. The number of phenolic OH excluding ortho intramolecular Hbond substituents is 4. The van der Waals surface area contributed by atoms with Crippen LogP contribution in [0.4, 0.5) is 0 Å². The van der Waals surface area contributed by atoms with E-state index in [-0.39, 0.29) is 40.5 Å². The second kappa shape index (κ2) is 18.4. The van der Waals surface area contributed by atoms with E-state index in [1.807, 2.05) is 76.2 Å². The predicted molar refractivity (Wildman–Crippen MR) is 231 cm³/mol. The standard InChI is InChI=1S/C23H28N4O3.C22H27N5O3/c1-15(2)18-12-19(21(29)13-20(18)28)22-24-25-23(30)27(22)17-8-6-16(7-9-17)14-26-10-4-3-5-11-26;1-14(2)17-11-18(20(29)12-19(17)28)21-24-25-22(30)27(21)16-5-3-15(4-6-16)13-26-9-7-23-8-10-26/h6-9,12-13,15,28-29H,3-5,10-11,14H2,1-2H3,(H,25,30);3-6,11-12,14,23,28-29H,7-10,13H2,1-2H3,(H,25,30). The van der Waals surface area contributed by atoms with Gasteiger partial charge in [0.25, 0.3) is 0 Å². The van der Waals surface area contributed by atoms with Crippen LogP contribution in [-0.2, 0) is 13.1 Å². The molecule has 0 bridgehead atoms. The lowest BCUT2D eigenvalue weighted by molar-refractivity contribution is 0.221. The zero-order valence-electron chi connectivity index (χ0n) is 34.6. The lowest BCUT2D eigenvalue weighted by Crippen LogP contribution is -2.42. The number of piperazine rings is 1. The topological polar surface area (TPSA) is 201 Å². The Balaban J connectivity index is 0.000000181. The molecule has 2 aromatic heterocycles. The first kappa shape index (κ1) is 42.0. The number of piperidine rings is 1. The molecule has 2 aliphatic heterocycles. The van der Waals surface area contributed by atoms with Crippen molar-refractivity contribution in [2.24, 2.45) is 0 Å². The SMILES string of the molecule is CC(C)c1cc(-c2n[nH]c(=O)n2-c2ccc(CN3CCCCC3)cc2)c(O)cc1O.CC(C)c1cc(-c2n[nH]c(=O)n2-c2ccc(CN3CCNCC3)cc2)c(O)cc1O. The van der Waals surface area contributed by atoms with Crippen molar-refractivity contribution in [2.45, 2.75) is 71.9 Å². The minimum atomic E-state index is -0.390. The number of nitrogens with zero attached hydrogens (tertiary/aromatic N) is 6. The first-order valence-electron chi connectivity index (χ1n) is 20.7. The summed E-state index contributed by atoms with van der Waals surface area (Å²) < 4.78 is 2.88. The average Bonchev–Trinajstić information content (AvgIpc) is 3.81. The molecule has 316 valence electrons. The molecule has 6 aromatic rings. The van der Waals surface area contributed by atoms with Gasteiger partial charge in [0.1, 0.15) is 23.0 Å². The highest BCUT2D eigenvalue weighted by Gasteiger charge is 2.22. The van der Waals surface area contributed by atoms with E-state index in [1.165, 1.54) is 51.7 Å². The Kier molecular flexibility index (Phi) is 12.9. The fourth-order valence-electron chi connectivity index (χ4n) is 7.91. The van der Waals surface area contributed by atoms with Crippen molar-refractivity contribution in [3.8, 4) is 57.1 Å². The largest absolute Gasteiger partial charge is 0.508 e. The predicted octanol–water partition coefficient (Wildman–Crippen LogP) is 5.92. The van der Waals surface area contributed by atoms with E-state index in [9.17, 15) is 30.0 Å². The molecule has 2 fully saturated rings. The van der Waals surface area contributed by atoms with E-state index in [2.05, 4.69) is 35.5 Å². The van der Waals surface area contributed by atoms with Gasteiger partial charge in [0, 0.05) is 51.4 Å². The summed E-state index contributed by atoms with van der Waals surface area (Å²) in [6, 6.07) is 21.6. The van der Waals surface area contributed by atoms with Crippen LogP contribution in [-0.4, -0.2) is 99.0 Å². The lowest BCUT2D eigenvalue weighted by atomic mass is 9.98. The summed E-state index contributed by atoms with van der Waals surface area (Å²) >= 11 is 0. The highest BCUT2D eigenvalue weighted by Crippen LogP contribution is 2.38. The minimum Gasteiger partial charge on any atom is -0.508 e. The smallest absolute Gasteiger partial charge is 0.348 e. The normalized spacial score (nSPS) is 15.0. The lowest BCUT2D eigenvalue weighted by Gasteiger charge is -2.27. The molecule has 0 radical (unpaired) electrons. The molecule has 0 saturated carbocycles. The summed E-state index contributed by atoms with van der Waals surface area (Å²) in [4.78, 5) is 29.9. The van der Waals surface area contributed by atoms with Crippen LogP contribution in [0.2, 0.25) is 0 Å². The van der Waals surface area contributed by atoms with Crippen LogP contribution in [0.25, 0.3) is 34.2 Å². The molecule has 2 aliphatic rings. The Hall–Kier alpha value is -6.16. The molecule has 60 heavy (non-hydrogen) atoms. The van der Waals surface area contributed by atoms with Crippen molar-refractivity contribution in [1.29, 1.82) is 0 Å². The summed E-state index contributed by atoms with van der Waals surface area (Å²) in [5.74, 6) is 0.500. The average molecular weight is 818 g/mol. The van der Waals surface area contributed by atoms with Crippen LogP contribution in [0.15, 0.2) is 82.4 Å². The van der Waals surface area contributed by atoms with Crippen LogP contribution in [0.3, 0.4) is 0 Å². The Morgan fingerprint density at radius 1 is 0.550 bits per heavy atom. The van der Waals surface area contributed by atoms with E-state index in [0.29, 0.717) is 45.3 Å². The maximum Gasteiger partial charge on any atom is 0.348 e. The summed E-state index contributed by atoms with van der Waals surface area (Å²) in [5.41, 5.74) is 5.08. The molecule has 0 amide bonds. The Labute approximate surface area is 348 Å². The van der Waals surface area contributed by atoms with Gasteiger partial charge in [-0.05, 0) is 96.4 Å². The van der Waals surface area contributed by atoms with E-state index >= 15 is 0 Å². The summed E-state index contributed by atoms with van der Waals surface area (Å²) in [6.07, 6.45) is 3.81. The van der Waals surface area contributed by atoms with Crippen molar-refractivity contribution >= 4 is 0 Å². The van der Waals surface area contributed by atoms with Gasteiger partial charge in [0.05, 0.1) is 22.5 Å². The molecular weight excluding hydrogens is 763 g/mol. The monoisotopic (exact) mass is 817 g/mol. The number of hydrogen-bond donors (Lipinski definition) is 7. The second-order valence-corrected chi connectivity index (χ2v) is 16.2. The van der Waals surface area contributed by atoms with Gasteiger partial charge in [-0.2, -0.15) is 10.2 Å². The summed E-state index contributed by atoms with van der Waals surface area (Å²) in [6.45, 7) is 15.9. The van der Waals surface area contributed by atoms with Crippen LogP contribution >= 0.6 is 0 Å². The first-order chi connectivity index (χ1) is 28.9. The molecule has 15 nitrogen and oxygen atoms in total. The number of likely N-dealkylation sites (tertiary alicyclic amines) is 1. The quantitative estimate of drug-likeness (QED) is 0.0867. The molecule has 0 unspecified atom stereocenters. The minimum absolute atomic E-state index is 0.0212. The van der Waals surface area contributed by atoms with Gasteiger partial charge < -0.3 is 25.7 Å². The number of H-pyrrole nitrogens is 2. The maximum absolute atomic E-state index is 12.5. The number of nitrogens with one attached hydrogen (secondary N) is 3. The fourth-order valence-corrected chi connectivity index (χ4v) is 7.91. The van der Waals surface area contributed by atoms with Gasteiger partial charge in [0.15, 0.2) is 11.6 Å². The van der Waals surface area contributed by atoms with Gasteiger partial charge in [-0.1, -0.05) is 58.4 Å². The zero-order valence-corrected chi connectivity index (χ0v) is 34.6. The highest BCUT2D eigenvalue weighted by molar-refractivity contribution is 5.70. The van der Waals surface area contributed by atoms with E-state index < -0.39 is 5.69 Å². The molecule has 4 aromatic carbocycles. The van der Waals surface area contributed by atoms with Crippen LogP contribution in [0.5, 0.6) is 23.0 Å². The van der Waals surface area contributed by atoms with E-state index in [1.54, 1.807) is 12.1 Å². The van der Waals surface area contributed by atoms with Crippen molar-refractivity contribution < 1.29 is 20.4 Å². The van der Waals surface area contributed by atoms with Gasteiger partial charge in [-0.3, -0.25) is 9.80 Å². The Morgan fingerprint density at radius 3 is 1.35 bits per heavy atom. The molecule has 0 atom stereocenters. The number of phenols is 4. The molecule has 15 heteroatoms. The Bertz CT molecular complexity index is 2330. The molecular formula is C45H55N9O6. The van der Waals surface area contributed by atoms with Crippen molar-refractivity contribution in [2.75, 3.05) is 39.3 Å². The van der Waals surface area contributed by atoms with E-state index in [0.717, 1.165) is 52.4 Å². The first-order valence-corrected chi connectivity index (χ1v) is 20.7. The number of aromatic hydroxyl groups is 4. The summed E-state index contributed by atoms with van der Waals surface area (Å²) in [7, 11) is 0. The zero-order chi connectivity index (χ0) is 42.5. The highest BCUT2D eigenvalue weighted by atomic mass is 16.3. The van der Waals surface area contributed by atoms with Crippen LogP contribution in [0, 0.1) is 0 Å². The van der Waals surface area contributed by atoms with Gasteiger partial charge in [-0.25, -0.2) is 28.9 Å². The van der Waals surface area contributed by atoms with Crippen LogP contribution in [0.1, 0.15) is 81.0 Å². The van der Waals surface area contributed by atoms with Gasteiger partial charge in [0.2, 0.25) is 0 Å².